The van der Waals surface area contributed by atoms with E-state index in [4.69, 9.17) is 4.74 Å². The Morgan fingerprint density at radius 3 is 2.85 bits per heavy atom. The number of hydrogen-bond acceptors (Lipinski definition) is 4. The van der Waals surface area contributed by atoms with Gasteiger partial charge in [-0.25, -0.2) is 0 Å². The van der Waals surface area contributed by atoms with Crippen LogP contribution in [0.2, 0.25) is 0 Å². The zero-order chi connectivity index (χ0) is 18.5. The van der Waals surface area contributed by atoms with E-state index in [2.05, 4.69) is 16.9 Å². The van der Waals surface area contributed by atoms with E-state index in [0.717, 1.165) is 5.69 Å². The van der Waals surface area contributed by atoms with Gasteiger partial charge in [0.15, 0.2) is 0 Å². The maximum absolute atomic E-state index is 12.8. The van der Waals surface area contributed by atoms with Crippen LogP contribution in [-0.2, 0) is 13.1 Å². The van der Waals surface area contributed by atoms with Crippen molar-refractivity contribution in [2.75, 3.05) is 7.11 Å². The topological polar surface area (TPSA) is 73.2 Å². The number of nitrogens with zero attached hydrogens (tertiary/aromatic N) is 2. The summed E-state index contributed by atoms with van der Waals surface area (Å²) >= 11 is 0. The van der Waals surface area contributed by atoms with Crippen LogP contribution >= 0.6 is 0 Å². The fraction of sp³-hybridized carbons (Fsp3) is 0.150. The van der Waals surface area contributed by atoms with Crippen LogP contribution in [0, 0.1) is 0 Å². The molecule has 0 atom stereocenters. The van der Waals surface area contributed by atoms with Crippen molar-refractivity contribution in [1.82, 2.24) is 14.9 Å². The number of carbonyl (C=O) groups excluding carboxylic acids is 1. The Morgan fingerprint density at radius 1 is 1.31 bits per heavy atom. The molecule has 132 valence electrons. The summed E-state index contributed by atoms with van der Waals surface area (Å²) in [5.74, 6) is 0.275. The Labute approximate surface area is 150 Å². The highest BCUT2D eigenvalue weighted by atomic mass is 16.5. The fourth-order valence-corrected chi connectivity index (χ4v) is 2.72. The van der Waals surface area contributed by atoms with Crippen molar-refractivity contribution in [3.05, 3.63) is 83.1 Å². The van der Waals surface area contributed by atoms with Gasteiger partial charge < -0.3 is 10.1 Å². The van der Waals surface area contributed by atoms with E-state index in [1.165, 1.54) is 4.57 Å². The summed E-state index contributed by atoms with van der Waals surface area (Å²) in [6.07, 6.45) is 3.25. The minimum absolute atomic E-state index is 0.243. The number of rotatable bonds is 6. The molecule has 0 unspecified atom stereocenters. The van der Waals surface area contributed by atoms with Gasteiger partial charge in [-0.2, -0.15) is 0 Å². The first-order valence-electron chi connectivity index (χ1n) is 8.14. The van der Waals surface area contributed by atoms with Crippen LogP contribution in [0.25, 0.3) is 10.8 Å². The van der Waals surface area contributed by atoms with E-state index in [0.29, 0.717) is 16.5 Å². The SMILES string of the molecule is C=CCn1c(C(=O)NCc2ccccn2)cc2cc(OC)ccc2c1=O. The monoisotopic (exact) mass is 349 g/mol. The predicted octanol–water partition coefficient (Wildman–Crippen LogP) is 2.52. The van der Waals surface area contributed by atoms with E-state index in [1.807, 2.05) is 18.2 Å². The van der Waals surface area contributed by atoms with Crippen LogP contribution in [0.15, 0.2) is 66.1 Å². The second-order valence-electron chi connectivity index (χ2n) is 5.69. The third-order valence-electron chi connectivity index (χ3n) is 4.02. The Kier molecular flexibility index (Phi) is 5.12. The first kappa shape index (κ1) is 17.4. The molecule has 3 aromatic rings. The number of allylic oxidation sites excluding steroid dienone is 1. The number of methoxy groups -OCH3 is 1. The minimum atomic E-state index is -0.348. The van der Waals surface area contributed by atoms with Gasteiger partial charge >= 0.3 is 0 Å². The third-order valence-corrected chi connectivity index (χ3v) is 4.02. The first-order valence-corrected chi connectivity index (χ1v) is 8.14. The smallest absolute Gasteiger partial charge is 0.268 e. The van der Waals surface area contributed by atoms with E-state index in [9.17, 15) is 9.59 Å². The van der Waals surface area contributed by atoms with Gasteiger partial charge in [-0.15, -0.1) is 6.58 Å². The molecule has 2 aromatic heterocycles. The molecule has 0 spiro atoms. The second kappa shape index (κ2) is 7.65. The number of ether oxygens (including phenoxy) is 1. The molecule has 2 heterocycles. The van der Waals surface area contributed by atoms with Crippen LogP contribution in [0.1, 0.15) is 16.2 Å². The molecule has 26 heavy (non-hydrogen) atoms. The number of hydrogen-bond donors (Lipinski definition) is 1. The Bertz CT molecular complexity index is 1010. The molecule has 1 N–H and O–H groups in total. The van der Waals surface area contributed by atoms with Crippen molar-refractivity contribution in [3.8, 4) is 5.75 Å². The zero-order valence-electron chi connectivity index (χ0n) is 14.4. The van der Waals surface area contributed by atoms with Gasteiger partial charge in [0.25, 0.3) is 11.5 Å². The van der Waals surface area contributed by atoms with Crippen LogP contribution in [0.4, 0.5) is 0 Å². The predicted molar refractivity (Wildman–Crippen MR) is 100 cm³/mol. The van der Waals surface area contributed by atoms with Crippen molar-refractivity contribution < 1.29 is 9.53 Å². The molecule has 0 saturated heterocycles. The van der Waals surface area contributed by atoms with Crippen molar-refractivity contribution in [2.24, 2.45) is 0 Å². The average molecular weight is 349 g/mol. The number of fused-ring (bicyclic) bond motifs is 1. The molecule has 0 aliphatic heterocycles. The van der Waals surface area contributed by atoms with E-state index in [1.54, 1.807) is 43.6 Å². The van der Waals surface area contributed by atoms with Gasteiger partial charge in [-0.05, 0) is 41.8 Å². The lowest BCUT2D eigenvalue weighted by Gasteiger charge is -2.13. The molecule has 1 amide bonds. The van der Waals surface area contributed by atoms with Gasteiger partial charge in [-0.3, -0.25) is 19.1 Å². The van der Waals surface area contributed by atoms with Crippen molar-refractivity contribution >= 4 is 16.7 Å². The summed E-state index contributed by atoms with van der Waals surface area (Å²) in [6.45, 7) is 4.20. The van der Waals surface area contributed by atoms with Gasteiger partial charge in [-0.1, -0.05) is 12.1 Å². The van der Waals surface area contributed by atoms with Crippen molar-refractivity contribution in [2.45, 2.75) is 13.1 Å². The summed E-state index contributed by atoms with van der Waals surface area (Å²) in [4.78, 5) is 29.7. The third kappa shape index (κ3) is 3.49. The number of amides is 1. The van der Waals surface area contributed by atoms with Crippen LogP contribution in [-0.4, -0.2) is 22.6 Å². The van der Waals surface area contributed by atoms with Crippen molar-refractivity contribution in [3.63, 3.8) is 0 Å². The van der Waals surface area contributed by atoms with Crippen molar-refractivity contribution in [1.29, 1.82) is 0 Å². The lowest BCUT2D eigenvalue weighted by atomic mass is 10.1. The molecule has 0 aliphatic carbocycles. The maximum atomic E-state index is 12.8. The summed E-state index contributed by atoms with van der Waals surface area (Å²) in [5.41, 5.74) is 0.764. The Morgan fingerprint density at radius 2 is 2.15 bits per heavy atom. The molecule has 1 aromatic carbocycles. The van der Waals surface area contributed by atoms with Crippen LogP contribution in [0.3, 0.4) is 0 Å². The van der Waals surface area contributed by atoms with E-state index < -0.39 is 0 Å². The highest BCUT2D eigenvalue weighted by Crippen LogP contribution is 2.19. The van der Waals surface area contributed by atoms with Gasteiger partial charge in [0, 0.05) is 18.1 Å². The highest BCUT2D eigenvalue weighted by molar-refractivity contribution is 5.97. The quantitative estimate of drug-likeness (QED) is 0.694. The lowest BCUT2D eigenvalue weighted by Crippen LogP contribution is -2.32. The van der Waals surface area contributed by atoms with Crippen LogP contribution in [0.5, 0.6) is 5.75 Å². The van der Waals surface area contributed by atoms with E-state index >= 15 is 0 Å². The number of benzene rings is 1. The fourth-order valence-electron chi connectivity index (χ4n) is 2.72. The minimum Gasteiger partial charge on any atom is -0.497 e. The van der Waals surface area contributed by atoms with Gasteiger partial charge in [0.05, 0.1) is 19.3 Å². The largest absolute Gasteiger partial charge is 0.497 e. The average Bonchev–Trinajstić information content (AvgIpc) is 2.68. The number of carbonyl (C=O) groups is 1. The molecule has 0 bridgehead atoms. The second-order valence-corrected chi connectivity index (χ2v) is 5.69. The van der Waals surface area contributed by atoms with Gasteiger partial charge in [0.1, 0.15) is 11.4 Å². The zero-order valence-corrected chi connectivity index (χ0v) is 14.4. The molecule has 6 nitrogen and oxygen atoms in total. The summed E-state index contributed by atoms with van der Waals surface area (Å²) in [6, 6.07) is 12.3. The maximum Gasteiger partial charge on any atom is 0.268 e. The Balaban J connectivity index is 2.01. The number of nitrogens with one attached hydrogen (secondary N) is 1. The normalized spacial score (nSPS) is 10.5. The summed E-state index contributed by atoms with van der Waals surface area (Å²) in [7, 11) is 1.56. The molecule has 0 saturated carbocycles. The standard InChI is InChI=1S/C20H19N3O3/c1-3-10-23-18(19(24)22-13-15-6-4-5-9-21-15)12-14-11-16(26-2)7-8-17(14)20(23)25/h3-9,11-12H,1,10,13H2,2H3,(H,22,24). The summed E-state index contributed by atoms with van der Waals surface area (Å²) < 4.78 is 6.62. The molecule has 3 rings (SSSR count). The molecule has 0 radical (unpaired) electrons. The number of aromatic nitrogens is 2. The number of pyridine rings is 2. The van der Waals surface area contributed by atoms with Crippen LogP contribution < -0.4 is 15.6 Å². The van der Waals surface area contributed by atoms with E-state index in [-0.39, 0.29) is 30.2 Å². The molecule has 6 heteroatoms. The molecular weight excluding hydrogens is 330 g/mol. The Hall–Kier alpha value is -3.41. The van der Waals surface area contributed by atoms with Gasteiger partial charge in [0.2, 0.25) is 0 Å². The first-order chi connectivity index (χ1) is 12.6. The molecule has 0 fully saturated rings. The summed E-state index contributed by atoms with van der Waals surface area (Å²) in [5, 5.41) is 3.98. The lowest BCUT2D eigenvalue weighted by molar-refractivity contribution is 0.0940. The highest BCUT2D eigenvalue weighted by Gasteiger charge is 2.15. The molecule has 0 aliphatic rings. The molecular formula is C20H19N3O3.